The molecule has 24 heavy (non-hydrogen) atoms. The van der Waals surface area contributed by atoms with Crippen molar-refractivity contribution in [3.63, 3.8) is 0 Å². The molecule has 0 aromatic rings. The van der Waals surface area contributed by atoms with Crippen LogP contribution in [0.5, 0.6) is 0 Å². The van der Waals surface area contributed by atoms with Crippen LogP contribution in [0.15, 0.2) is 24.3 Å². The van der Waals surface area contributed by atoms with Gasteiger partial charge in [-0.1, -0.05) is 25.2 Å². The lowest BCUT2D eigenvalue weighted by Gasteiger charge is -2.57. The summed E-state index contributed by atoms with van der Waals surface area (Å²) in [5.41, 5.74) is -0.0435. The molecule has 2 saturated carbocycles. The van der Waals surface area contributed by atoms with Crippen LogP contribution in [0.3, 0.4) is 0 Å². The second-order valence-electron chi connectivity index (χ2n) is 8.46. The predicted molar refractivity (Wildman–Crippen MR) is 90.4 cm³/mol. The Balaban J connectivity index is 1.73. The van der Waals surface area contributed by atoms with Crippen LogP contribution in [-0.2, 0) is 19.0 Å². The molecule has 4 heteroatoms. The summed E-state index contributed by atoms with van der Waals surface area (Å²) in [6, 6.07) is 0. The molecule has 2 heterocycles. The molecule has 5 aliphatic rings. The summed E-state index contributed by atoms with van der Waals surface area (Å²) in [7, 11) is 1.75. The first kappa shape index (κ1) is 16.3. The van der Waals surface area contributed by atoms with Crippen molar-refractivity contribution in [2.45, 2.75) is 57.8 Å². The average molecular weight is 332 g/mol. The highest BCUT2D eigenvalue weighted by Crippen LogP contribution is 2.71. The maximum absolute atomic E-state index is 11.9. The first-order chi connectivity index (χ1) is 11.4. The van der Waals surface area contributed by atoms with Gasteiger partial charge in [-0.05, 0) is 44.4 Å². The smallest absolute Gasteiger partial charge is 0.330 e. The van der Waals surface area contributed by atoms with E-state index in [4.69, 9.17) is 14.2 Å². The van der Waals surface area contributed by atoms with E-state index in [-0.39, 0.29) is 34.6 Å². The molecular weight excluding hydrogens is 304 g/mol. The molecule has 5 unspecified atom stereocenters. The van der Waals surface area contributed by atoms with Crippen molar-refractivity contribution in [1.82, 2.24) is 0 Å². The number of allylic oxidation sites excluding steroid dienone is 1. The Morgan fingerprint density at radius 1 is 1.42 bits per heavy atom. The third-order valence-electron chi connectivity index (χ3n) is 7.10. The lowest BCUT2D eigenvalue weighted by molar-refractivity contribution is -0.167. The Morgan fingerprint density at radius 2 is 2.21 bits per heavy atom. The molecule has 0 aromatic heterocycles. The molecule has 0 radical (unpaired) electrons. The Bertz CT molecular complexity index is 611. The molecule has 0 amide bonds. The Labute approximate surface area is 144 Å². The van der Waals surface area contributed by atoms with Crippen LogP contribution in [0, 0.1) is 22.7 Å². The monoisotopic (exact) mass is 332 g/mol. The largest absolute Gasteiger partial charge is 0.463 e. The van der Waals surface area contributed by atoms with E-state index in [0.717, 1.165) is 12.8 Å². The van der Waals surface area contributed by atoms with Crippen LogP contribution in [0.1, 0.15) is 40.0 Å². The second-order valence-corrected chi connectivity index (χ2v) is 8.46. The molecule has 4 fully saturated rings. The summed E-state index contributed by atoms with van der Waals surface area (Å²) in [6.45, 7) is 6.72. The van der Waals surface area contributed by atoms with Crippen LogP contribution in [0.4, 0.5) is 0 Å². The van der Waals surface area contributed by atoms with Gasteiger partial charge in [-0.25, -0.2) is 4.79 Å². The third kappa shape index (κ3) is 2.02. The maximum Gasteiger partial charge on any atom is 0.330 e. The van der Waals surface area contributed by atoms with E-state index in [1.807, 2.05) is 13.0 Å². The van der Waals surface area contributed by atoms with Crippen molar-refractivity contribution in [1.29, 1.82) is 0 Å². The van der Waals surface area contributed by atoms with Gasteiger partial charge in [-0.3, -0.25) is 0 Å². The quantitative estimate of drug-likeness (QED) is 0.450. The van der Waals surface area contributed by atoms with Gasteiger partial charge in [0.1, 0.15) is 0 Å². The van der Waals surface area contributed by atoms with Crippen LogP contribution >= 0.6 is 0 Å². The lowest BCUT2D eigenvalue weighted by atomic mass is 9.51. The fourth-order valence-electron chi connectivity index (χ4n) is 6.38. The molecule has 0 N–H and O–H groups in total. The molecule has 7 atom stereocenters. The zero-order valence-corrected chi connectivity index (χ0v) is 15.1. The highest BCUT2D eigenvalue weighted by atomic mass is 16.5. The second kappa shape index (κ2) is 5.18. The molecular formula is C20H28O4. The molecule has 0 aromatic carbocycles. The van der Waals surface area contributed by atoms with Crippen LogP contribution in [0.2, 0.25) is 0 Å². The highest BCUT2D eigenvalue weighted by Gasteiger charge is 2.71. The van der Waals surface area contributed by atoms with Gasteiger partial charge in [0.2, 0.25) is 0 Å². The maximum atomic E-state index is 11.9. The normalized spacial score (nSPS) is 51.3. The summed E-state index contributed by atoms with van der Waals surface area (Å²) >= 11 is 0. The Kier molecular flexibility index (Phi) is 3.53. The van der Waals surface area contributed by atoms with Crippen LogP contribution in [0.25, 0.3) is 0 Å². The van der Waals surface area contributed by atoms with Gasteiger partial charge in [0.25, 0.3) is 0 Å². The van der Waals surface area contributed by atoms with Gasteiger partial charge in [0.15, 0.2) is 0 Å². The molecule has 2 aliphatic heterocycles. The van der Waals surface area contributed by atoms with Crippen molar-refractivity contribution < 1.29 is 19.0 Å². The van der Waals surface area contributed by atoms with E-state index in [2.05, 4.69) is 26.0 Å². The minimum Gasteiger partial charge on any atom is -0.463 e. The number of ether oxygens (including phenoxy) is 3. The number of carbonyl (C=O) groups excluding carboxylic acids is 1. The molecule has 2 saturated heterocycles. The topological polar surface area (TPSA) is 44.8 Å². The third-order valence-corrected chi connectivity index (χ3v) is 7.10. The molecule has 1 spiro atoms. The van der Waals surface area contributed by atoms with Gasteiger partial charge in [0.05, 0.1) is 24.4 Å². The summed E-state index contributed by atoms with van der Waals surface area (Å²) < 4.78 is 17.4. The van der Waals surface area contributed by atoms with Gasteiger partial charge in [-0.15, -0.1) is 0 Å². The fourth-order valence-corrected chi connectivity index (χ4v) is 6.38. The van der Waals surface area contributed by atoms with Crippen molar-refractivity contribution in [2.24, 2.45) is 22.7 Å². The summed E-state index contributed by atoms with van der Waals surface area (Å²) in [5.74, 6) is 0.731. The first-order valence-electron chi connectivity index (χ1n) is 9.13. The van der Waals surface area contributed by atoms with Crippen molar-refractivity contribution in [2.75, 3.05) is 13.7 Å². The zero-order valence-electron chi connectivity index (χ0n) is 15.1. The molecule has 4 bridgehead atoms. The van der Waals surface area contributed by atoms with E-state index in [1.54, 1.807) is 13.2 Å². The van der Waals surface area contributed by atoms with E-state index < -0.39 is 0 Å². The van der Waals surface area contributed by atoms with E-state index >= 15 is 0 Å². The number of carbonyl (C=O) groups is 1. The van der Waals surface area contributed by atoms with Gasteiger partial charge >= 0.3 is 5.97 Å². The number of rotatable bonds is 4. The molecule has 3 aliphatic carbocycles. The summed E-state index contributed by atoms with van der Waals surface area (Å²) in [5, 5.41) is 0. The molecule has 4 nitrogen and oxygen atoms in total. The van der Waals surface area contributed by atoms with Crippen molar-refractivity contribution in [3.05, 3.63) is 24.3 Å². The number of hydrogen-bond donors (Lipinski definition) is 0. The zero-order chi connectivity index (χ0) is 17.2. The van der Waals surface area contributed by atoms with Gasteiger partial charge < -0.3 is 14.2 Å². The minimum absolute atomic E-state index is 0.0389. The van der Waals surface area contributed by atoms with Crippen molar-refractivity contribution in [3.8, 4) is 0 Å². The Morgan fingerprint density at radius 3 is 2.88 bits per heavy atom. The van der Waals surface area contributed by atoms with Crippen LogP contribution in [-0.4, -0.2) is 37.5 Å². The predicted octanol–water partition coefficient (Wildman–Crippen LogP) is 3.27. The average Bonchev–Trinajstić information content (AvgIpc) is 2.88. The number of hydrogen-bond acceptors (Lipinski definition) is 4. The number of methoxy groups -OCH3 is 1. The summed E-state index contributed by atoms with van der Waals surface area (Å²) in [4.78, 5) is 11.9. The lowest BCUT2D eigenvalue weighted by Crippen LogP contribution is -2.57. The standard InChI is InChI=1S/C20H28O4/c1-5-23-16(21)7-8-18(2)15(22-4)6-9-20-11-13-10-14(17(18)20)24-19(13,3)12-20/h6-9,13-15,17H,5,10-12H2,1-4H3/b8-7+/t13?,14?,15-,17?,18-,19?,20?/m1/s1. The van der Waals surface area contributed by atoms with E-state index in [9.17, 15) is 4.79 Å². The van der Waals surface area contributed by atoms with Crippen molar-refractivity contribution >= 4 is 5.97 Å². The van der Waals surface area contributed by atoms with Crippen LogP contribution < -0.4 is 0 Å². The van der Waals surface area contributed by atoms with E-state index in [0.29, 0.717) is 18.4 Å². The molecule has 5 rings (SSSR count). The molecule has 132 valence electrons. The number of esters is 1. The van der Waals surface area contributed by atoms with E-state index in [1.165, 1.54) is 6.42 Å². The highest BCUT2D eigenvalue weighted by molar-refractivity contribution is 5.82. The SMILES string of the molecule is CCOC(=O)/C=C/[C@@]1(C)C2C3CC4CC2(C=C[C@H]1OC)CC4(C)O3. The first-order valence-corrected chi connectivity index (χ1v) is 9.13. The fraction of sp³-hybridized carbons (Fsp3) is 0.750. The summed E-state index contributed by atoms with van der Waals surface area (Å²) in [6.07, 6.45) is 11.8. The minimum atomic E-state index is -0.281. The Hall–Kier alpha value is -1.13. The van der Waals surface area contributed by atoms with Gasteiger partial charge in [-0.2, -0.15) is 0 Å². The van der Waals surface area contributed by atoms with Gasteiger partial charge in [0, 0.05) is 24.5 Å².